The lowest BCUT2D eigenvalue weighted by Gasteiger charge is -2.22. The molecule has 1 fully saturated rings. The van der Waals surface area contributed by atoms with Gasteiger partial charge in [-0.2, -0.15) is 0 Å². The highest BCUT2D eigenvalue weighted by Gasteiger charge is 2.14. The molecule has 1 saturated heterocycles. The highest BCUT2D eigenvalue weighted by atomic mass is 19.1. The number of likely N-dealkylation sites (N-methyl/N-ethyl adjacent to an activating group) is 1. The number of aliphatic hydroxyl groups excluding tert-OH is 1. The molecule has 1 aromatic rings. The van der Waals surface area contributed by atoms with E-state index in [4.69, 9.17) is 0 Å². The normalized spacial score (nSPS) is 17.8. The van der Waals surface area contributed by atoms with Crippen LogP contribution in [0.1, 0.15) is 30.9 Å². The Hall–Kier alpha value is -0.970. The molecular weight excluding hydrogens is 255 g/mol. The Kier molecular flexibility index (Phi) is 5.95. The summed E-state index contributed by atoms with van der Waals surface area (Å²) in [6.45, 7) is 5.30. The van der Waals surface area contributed by atoms with Crippen LogP contribution in [0.3, 0.4) is 0 Å². The topological polar surface area (TPSA) is 26.7 Å². The Morgan fingerprint density at radius 3 is 2.65 bits per heavy atom. The lowest BCUT2D eigenvalue weighted by atomic mass is 10.1. The fourth-order valence-corrected chi connectivity index (χ4v) is 2.67. The fraction of sp³-hybridized carbons (Fsp3) is 0.625. The minimum absolute atomic E-state index is 0.320. The van der Waals surface area contributed by atoms with Gasteiger partial charge in [-0.05, 0) is 45.5 Å². The van der Waals surface area contributed by atoms with Crippen LogP contribution in [0, 0.1) is 5.82 Å². The van der Waals surface area contributed by atoms with Crippen molar-refractivity contribution in [2.75, 3.05) is 39.8 Å². The number of likely N-dealkylation sites (tertiary alicyclic amines) is 1. The van der Waals surface area contributed by atoms with Crippen LogP contribution in [-0.4, -0.2) is 54.7 Å². The summed E-state index contributed by atoms with van der Waals surface area (Å²) < 4.78 is 13.5. The number of nitrogens with zero attached hydrogens (tertiary/aromatic N) is 2. The monoisotopic (exact) mass is 280 g/mol. The highest BCUT2D eigenvalue weighted by Crippen LogP contribution is 2.19. The summed E-state index contributed by atoms with van der Waals surface area (Å²) in [5.41, 5.74) is 0.403. The van der Waals surface area contributed by atoms with E-state index in [1.165, 1.54) is 32.0 Å². The van der Waals surface area contributed by atoms with Gasteiger partial charge in [0.05, 0.1) is 6.10 Å². The maximum absolute atomic E-state index is 13.5. The third kappa shape index (κ3) is 4.54. The van der Waals surface area contributed by atoms with Crippen LogP contribution in [0.15, 0.2) is 24.3 Å². The van der Waals surface area contributed by atoms with Crippen LogP contribution in [0.4, 0.5) is 4.39 Å². The van der Waals surface area contributed by atoms with E-state index in [-0.39, 0.29) is 5.82 Å². The summed E-state index contributed by atoms with van der Waals surface area (Å²) >= 11 is 0. The first-order valence-electron chi connectivity index (χ1n) is 7.50. The largest absolute Gasteiger partial charge is 0.388 e. The van der Waals surface area contributed by atoms with E-state index < -0.39 is 6.10 Å². The summed E-state index contributed by atoms with van der Waals surface area (Å²) in [6.07, 6.45) is 2.48. The zero-order valence-corrected chi connectivity index (χ0v) is 12.3. The summed E-state index contributed by atoms with van der Waals surface area (Å²) in [5, 5.41) is 10.1. The molecule has 1 aromatic carbocycles. The van der Waals surface area contributed by atoms with Crippen LogP contribution in [0.25, 0.3) is 0 Å². The van der Waals surface area contributed by atoms with E-state index in [9.17, 15) is 9.50 Å². The van der Waals surface area contributed by atoms with Gasteiger partial charge in [0.15, 0.2) is 0 Å². The number of halogens is 1. The van der Waals surface area contributed by atoms with Crippen molar-refractivity contribution >= 4 is 0 Å². The Bertz CT molecular complexity index is 407. The average molecular weight is 280 g/mol. The number of aliphatic hydroxyl groups is 1. The lowest BCUT2D eigenvalue weighted by molar-refractivity contribution is 0.142. The van der Waals surface area contributed by atoms with Gasteiger partial charge in [-0.3, -0.25) is 0 Å². The van der Waals surface area contributed by atoms with E-state index >= 15 is 0 Å². The summed E-state index contributed by atoms with van der Waals surface area (Å²) in [6, 6.07) is 6.46. The van der Waals surface area contributed by atoms with Crippen molar-refractivity contribution < 1.29 is 9.50 Å². The molecule has 0 aliphatic carbocycles. The van der Waals surface area contributed by atoms with Crippen molar-refractivity contribution in [2.24, 2.45) is 0 Å². The van der Waals surface area contributed by atoms with E-state index in [1.807, 2.05) is 0 Å². The van der Waals surface area contributed by atoms with Gasteiger partial charge in [-0.25, -0.2) is 4.39 Å². The fourth-order valence-electron chi connectivity index (χ4n) is 2.67. The molecule has 0 aromatic heterocycles. The van der Waals surface area contributed by atoms with Crippen LogP contribution in [0.2, 0.25) is 0 Å². The van der Waals surface area contributed by atoms with Gasteiger partial charge in [0, 0.05) is 25.2 Å². The maximum atomic E-state index is 13.5. The molecule has 0 saturated carbocycles. The van der Waals surface area contributed by atoms with Crippen molar-refractivity contribution in [3.63, 3.8) is 0 Å². The molecule has 0 radical (unpaired) electrons. The molecule has 20 heavy (non-hydrogen) atoms. The first kappa shape index (κ1) is 15.4. The zero-order valence-electron chi connectivity index (χ0n) is 12.3. The minimum Gasteiger partial charge on any atom is -0.388 e. The zero-order chi connectivity index (χ0) is 14.4. The maximum Gasteiger partial charge on any atom is 0.128 e. The van der Waals surface area contributed by atoms with E-state index in [1.54, 1.807) is 18.2 Å². The third-order valence-corrected chi connectivity index (χ3v) is 4.05. The quantitative estimate of drug-likeness (QED) is 0.830. The third-order valence-electron chi connectivity index (χ3n) is 4.05. The number of hydrogen-bond acceptors (Lipinski definition) is 3. The van der Waals surface area contributed by atoms with E-state index in [0.717, 1.165) is 19.6 Å². The Morgan fingerprint density at radius 1 is 1.25 bits per heavy atom. The predicted molar refractivity (Wildman–Crippen MR) is 79.1 cm³/mol. The number of hydrogen-bond donors (Lipinski definition) is 1. The van der Waals surface area contributed by atoms with Gasteiger partial charge < -0.3 is 14.9 Å². The average Bonchev–Trinajstić information content (AvgIpc) is 2.96. The smallest absolute Gasteiger partial charge is 0.128 e. The Balaban J connectivity index is 1.69. The summed E-state index contributed by atoms with van der Waals surface area (Å²) in [4.78, 5) is 4.69. The number of rotatable bonds is 7. The molecule has 0 spiro atoms. The van der Waals surface area contributed by atoms with Crippen LogP contribution in [-0.2, 0) is 0 Å². The van der Waals surface area contributed by atoms with E-state index in [0.29, 0.717) is 12.0 Å². The van der Waals surface area contributed by atoms with Gasteiger partial charge in [-0.1, -0.05) is 18.2 Å². The van der Waals surface area contributed by atoms with E-state index in [2.05, 4.69) is 16.8 Å². The summed E-state index contributed by atoms with van der Waals surface area (Å²) in [5.74, 6) is -0.320. The van der Waals surface area contributed by atoms with Crippen molar-refractivity contribution in [1.82, 2.24) is 9.80 Å². The second kappa shape index (κ2) is 7.72. The molecule has 1 N–H and O–H groups in total. The van der Waals surface area contributed by atoms with Gasteiger partial charge in [0.25, 0.3) is 0 Å². The van der Waals surface area contributed by atoms with Gasteiger partial charge >= 0.3 is 0 Å². The number of benzene rings is 1. The summed E-state index contributed by atoms with van der Waals surface area (Å²) in [7, 11) is 2.06. The molecule has 3 nitrogen and oxygen atoms in total. The molecule has 112 valence electrons. The van der Waals surface area contributed by atoms with Gasteiger partial charge in [-0.15, -0.1) is 0 Å². The molecular formula is C16H25FN2O. The van der Waals surface area contributed by atoms with Crippen LogP contribution < -0.4 is 0 Å². The van der Waals surface area contributed by atoms with Crippen molar-refractivity contribution in [3.8, 4) is 0 Å². The molecule has 1 unspecified atom stereocenters. The van der Waals surface area contributed by atoms with Gasteiger partial charge in [0.2, 0.25) is 0 Å². The van der Waals surface area contributed by atoms with Gasteiger partial charge in [0.1, 0.15) is 5.82 Å². The molecule has 1 aliphatic rings. The second-order valence-electron chi connectivity index (χ2n) is 5.68. The molecule has 1 aliphatic heterocycles. The predicted octanol–water partition coefficient (Wildman–Crippen LogP) is 2.28. The molecule has 1 atom stereocenters. The minimum atomic E-state index is -0.717. The second-order valence-corrected chi connectivity index (χ2v) is 5.68. The Labute approximate surface area is 121 Å². The molecule has 4 heteroatoms. The van der Waals surface area contributed by atoms with Crippen molar-refractivity contribution in [3.05, 3.63) is 35.6 Å². The first-order chi connectivity index (χ1) is 9.66. The molecule has 0 bridgehead atoms. The molecule has 1 heterocycles. The lowest BCUT2D eigenvalue weighted by Crippen LogP contribution is -2.32. The van der Waals surface area contributed by atoms with Crippen LogP contribution >= 0.6 is 0 Å². The molecule has 0 amide bonds. The molecule has 2 rings (SSSR count). The SMILES string of the molecule is CN(CCC(O)c1ccccc1F)CCN1CCCC1. The first-order valence-corrected chi connectivity index (χ1v) is 7.50. The Morgan fingerprint density at radius 2 is 1.95 bits per heavy atom. The highest BCUT2D eigenvalue weighted by molar-refractivity contribution is 5.19. The van der Waals surface area contributed by atoms with Crippen molar-refractivity contribution in [1.29, 1.82) is 0 Å². The standard InChI is InChI=1S/C16H25FN2O/c1-18(12-13-19-9-4-5-10-19)11-8-16(20)14-6-2-3-7-15(14)17/h2-3,6-7,16,20H,4-5,8-13H2,1H3. The van der Waals surface area contributed by atoms with Crippen LogP contribution in [0.5, 0.6) is 0 Å². The van der Waals surface area contributed by atoms with Crippen molar-refractivity contribution in [2.45, 2.75) is 25.4 Å².